The van der Waals surface area contributed by atoms with E-state index in [0.29, 0.717) is 18.6 Å². The van der Waals surface area contributed by atoms with Gasteiger partial charge in [-0.3, -0.25) is 9.20 Å². The van der Waals surface area contributed by atoms with E-state index in [9.17, 15) is 14.7 Å². The van der Waals surface area contributed by atoms with Gasteiger partial charge in [-0.15, -0.1) is 5.10 Å². The van der Waals surface area contributed by atoms with E-state index in [1.165, 1.54) is 4.40 Å². The molecule has 3 rings (SSSR count). The van der Waals surface area contributed by atoms with Crippen LogP contribution in [0.3, 0.4) is 0 Å². The molecular formula is C18H20N4O3. The van der Waals surface area contributed by atoms with Crippen LogP contribution in [0.15, 0.2) is 59.5 Å². The number of rotatable bonds is 7. The molecule has 0 saturated heterocycles. The van der Waals surface area contributed by atoms with Gasteiger partial charge in [-0.05, 0) is 24.1 Å². The molecule has 0 radical (unpaired) electrons. The van der Waals surface area contributed by atoms with E-state index in [0.717, 1.165) is 10.2 Å². The molecule has 7 nitrogen and oxygen atoms in total. The molecule has 0 aliphatic rings. The third-order valence-electron chi connectivity index (χ3n) is 4.08. The number of hydrogen-bond donors (Lipinski definition) is 2. The Labute approximate surface area is 144 Å². The van der Waals surface area contributed by atoms with Crippen LogP contribution in [0.1, 0.15) is 17.9 Å². The van der Waals surface area contributed by atoms with Gasteiger partial charge in [-0.1, -0.05) is 36.4 Å². The van der Waals surface area contributed by atoms with Crippen LogP contribution in [0.5, 0.6) is 0 Å². The molecule has 3 aromatic rings. The zero-order valence-electron chi connectivity index (χ0n) is 13.7. The molecule has 7 heteroatoms. The summed E-state index contributed by atoms with van der Waals surface area (Å²) in [5.74, 6) is -0.266. The van der Waals surface area contributed by atoms with Crippen molar-refractivity contribution < 1.29 is 9.90 Å². The van der Waals surface area contributed by atoms with Crippen LogP contribution in [-0.2, 0) is 11.3 Å². The summed E-state index contributed by atoms with van der Waals surface area (Å²) in [7, 11) is 0. The Morgan fingerprint density at radius 1 is 1.16 bits per heavy atom. The standard InChI is InChI=1S/C18H20N4O3/c23-11-9-15(14-6-2-1-3-7-14)12-19-17(24)13-22-18(25)21-10-5-4-8-16(21)20-22/h1-8,10,15,23H,9,11-13H2,(H,19,24). The fraction of sp³-hybridized carbons (Fsp3) is 0.278. The number of aromatic nitrogens is 3. The summed E-state index contributed by atoms with van der Waals surface area (Å²) >= 11 is 0. The number of aliphatic hydroxyl groups is 1. The normalized spacial score (nSPS) is 12.2. The van der Waals surface area contributed by atoms with Crippen molar-refractivity contribution >= 4 is 11.6 Å². The first-order valence-electron chi connectivity index (χ1n) is 8.15. The topological polar surface area (TPSA) is 88.6 Å². The van der Waals surface area contributed by atoms with Gasteiger partial charge in [0.05, 0.1) is 0 Å². The van der Waals surface area contributed by atoms with Crippen LogP contribution in [0.2, 0.25) is 0 Å². The second kappa shape index (κ2) is 7.76. The molecule has 0 bridgehead atoms. The van der Waals surface area contributed by atoms with E-state index in [2.05, 4.69) is 10.4 Å². The maximum atomic E-state index is 12.2. The predicted octanol–water partition coefficient (Wildman–Crippen LogP) is 0.778. The van der Waals surface area contributed by atoms with Gasteiger partial charge in [0, 0.05) is 25.3 Å². The number of nitrogens with one attached hydrogen (secondary N) is 1. The molecular weight excluding hydrogens is 320 g/mol. The number of amides is 1. The van der Waals surface area contributed by atoms with Gasteiger partial charge in [-0.25, -0.2) is 9.48 Å². The summed E-state index contributed by atoms with van der Waals surface area (Å²) in [4.78, 5) is 24.4. The lowest BCUT2D eigenvalue weighted by atomic mass is 9.96. The highest BCUT2D eigenvalue weighted by Gasteiger charge is 2.14. The number of fused-ring (bicyclic) bond motifs is 1. The summed E-state index contributed by atoms with van der Waals surface area (Å²) in [6.45, 7) is 0.300. The molecule has 25 heavy (non-hydrogen) atoms. The van der Waals surface area contributed by atoms with Crippen molar-refractivity contribution in [3.05, 3.63) is 70.8 Å². The summed E-state index contributed by atoms with van der Waals surface area (Å²) < 4.78 is 2.54. The predicted molar refractivity (Wildman–Crippen MR) is 93.3 cm³/mol. The molecule has 2 heterocycles. The minimum absolute atomic E-state index is 0.0212. The molecule has 1 atom stereocenters. The summed E-state index contributed by atoms with van der Waals surface area (Å²) in [5.41, 5.74) is 1.21. The first-order chi connectivity index (χ1) is 12.2. The van der Waals surface area contributed by atoms with E-state index in [1.807, 2.05) is 30.3 Å². The van der Waals surface area contributed by atoms with Crippen LogP contribution in [0.4, 0.5) is 0 Å². The fourth-order valence-corrected chi connectivity index (χ4v) is 2.77. The largest absolute Gasteiger partial charge is 0.396 e. The Bertz CT molecular complexity index is 901. The van der Waals surface area contributed by atoms with Crippen molar-refractivity contribution in [2.24, 2.45) is 0 Å². The molecule has 2 N–H and O–H groups in total. The zero-order valence-corrected chi connectivity index (χ0v) is 13.7. The highest BCUT2D eigenvalue weighted by Crippen LogP contribution is 2.18. The quantitative estimate of drug-likeness (QED) is 0.665. The van der Waals surface area contributed by atoms with Gasteiger partial charge >= 0.3 is 5.69 Å². The summed E-state index contributed by atoms with van der Waals surface area (Å²) in [6.07, 6.45) is 2.17. The average Bonchev–Trinajstić information content (AvgIpc) is 2.95. The first-order valence-corrected chi connectivity index (χ1v) is 8.15. The number of aliphatic hydroxyl groups excluding tert-OH is 1. The lowest BCUT2D eigenvalue weighted by Crippen LogP contribution is -2.35. The van der Waals surface area contributed by atoms with Crippen LogP contribution < -0.4 is 11.0 Å². The van der Waals surface area contributed by atoms with E-state index in [-0.39, 0.29) is 30.7 Å². The number of benzene rings is 1. The molecule has 0 saturated carbocycles. The highest BCUT2D eigenvalue weighted by atomic mass is 16.3. The van der Waals surface area contributed by atoms with Crippen LogP contribution in [0, 0.1) is 0 Å². The van der Waals surface area contributed by atoms with Crippen molar-refractivity contribution in [2.45, 2.75) is 18.9 Å². The van der Waals surface area contributed by atoms with Crippen molar-refractivity contribution in [1.29, 1.82) is 0 Å². The third-order valence-corrected chi connectivity index (χ3v) is 4.08. The maximum absolute atomic E-state index is 12.2. The molecule has 1 amide bonds. The Hall–Kier alpha value is -2.93. The maximum Gasteiger partial charge on any atom is 0.350 e. The Morgan fingerprint density at radius 2 is 1.92 bits per heavy atom. The second-order valence-electron chi connectivity index (χ2n) is 5.79. The number of pyridine rings is 1. The van der Waals surface area contributed by atoms with Gasteiger partial charge < -0.3 is 10.4 Å². The van der Waals surface area contributed by atoms with Gasteiger partial charge in [0.15, 0.2) is 5.65 Å². The molecule has 0 fully saturated rings. The number of hydrogen-bond acceptors (Lipinski definition) is 4. The van der Waals surface area contributed by atoms with Crippen molar-refractivity contribution in [3.63, 3.8) is 0 Å². The third kappa shape index (κ3) is 3.95. The average molecular weight is 340 g/mol. The molecule has 0 aliphatic carbocycles. The van der Waals surface area contributed by atoms with Crippen molar-refractivity contribution in [1.82, 2.24) is 19.5 Å². The van der Waals surface area contributed by atoms with E-state index >= 15 is 0 Å². The molecule has 1 aromatic carbocycles. The van der Waals surface area contributed by atoms with Gasteiger partial charge in [-0.2, -0.15) is 0 Å². The molecule has 130 valence electrons. The minimum atomic E-state index is -0.347. The smallest absolute Gasteiger partial charge is 0.350 e. The van der Waals surface area contributed by atoms with Crippen LogP contribution in [0.25, 0.3) is 5.65 Å². The van der Waals surface area contributed by atoms with Crippen molar-refractivity contribution in [2.75, 3.05) is 13.2 Å². The molecule has 0 spiro atoms. The monoisotopic (exact) mass is 340 g/mol. The second-order valence-corrected chi connectivity index (χ2v) is 5.79. The summed E-state index contributed by atoms with van der Waals surface area (Å²) in [5, 5.41) is 16.2. The van der Waals surface area contributed by atoms with E-state index in [4.69, 9.17) is 0 Å². The molecule has 0 aliphatic heterocycles. The minimum Gasteiger partial charge on any atom is -0.396 e. The van der Waals surface area contributed by atoms with Crippen LogP contribution >= 0.6 is 0 Å². The number of nitrogens with zero attached hydrogens (tertiary/aromatic N) is 3. The van der Waals surface area contributed by atoms with Gasteiger partial charge in [0.25, 0.3) is 0 Å². The lowest BCUT2D eigenvalue weighted by molar-refractivity contribution is -0.122. The number of carbonyl (C=O) groups is 1. The lowest BCUT2D eigenvalue weighted by Gasteiger charge is -2.17. The Balaban J connectivity index is 1.65. The van der Waals surface area contributed by atoms with Crippen LogP contribution in [-0.4, -0.2) is 38.3 Å². The Kier molecular flexibility index (Phi) is 5.25. The van der Waals surface area contributed by atoms with E-state index in [1.54, 1.807) is 24.4 Å². The highest BCUT2D eigenvalue weighted by molar-refractivity contribution is 5.75. The molecule has 2 aromatic heterocycles. The van der Waals surface area contributed by atoms with E-state index < -0.39 is 0 Å². The summed E-state index contributed by atoms with van der Waals surface area (Å²) in [6, 6.07) is 15.0. The zero-order chi connectivity index (χ0) is 17.6. The van der Waals surface area contributed by atoms with Gasteiger partial charge in [0.1, 0.15) is 6.54 Å². The van der Waals surface area contributed by atoms with Gasteiger partial charge in [0.2, 0.25) is 5.91 Å². The fourth-order valence-electron chi connectivity index (χ4n) is 2.77. The molecule has 1 unspecified atom stereocenters. The van der Waals surface area contributed by atoms with Crippen molar-refractivity contribution in [3.8, 4) is 0 Å². The first kappa shape index (κ1) is 16.9. The Morgan fingerprint density at radius 3 is 2.64 bits per heavy atom. The number of carbonyl (C=O) groups excluding carboxylic acids is 1. The SMILES string of the molecule is O=C(Cn1nc2ccccn2c1=O)NCC(CCO)c1ccccc1.